The molecule has 1 aliphatic carbocycles. The van der Waals surface area contributed by atoms with Gasteiger partial charge in [0, 0.05) is 31.2 Å². The van der Waals surface area contributed by atoms with Crippen LogP contribution >= 0.6 is 0 Å². The molecule has 4 saturated heterocycles. The molecule has 192 valence electrons. The Kier molecular flexibility index (Phi) is 6.63. The number of ether oxygens (including phenoxy) is 3. The van der Waals surface area contributed by atoms with Crippen LogP contribution in [0.3, 0.4) is 0 Å². The lowest BCUT2D eigenvalue weighted by molar-refractivity contribution is -0.576. The van der Waals surface area contributed by atoms with Gasteiger partial charge in [-0.25, -0.2) is 14.2 Å². The summed E-state index contributed by atoms with van der Waals surface area (Å²) in [5, 5.41) is 2.73. The van der Waals surface area contributed by atoms with Gasteiger partial charge in [-0.1, -0.05) is 26.0 Å². The Morgan fingerprint density at radius 1 is 1.09 bits per heavy atom. The summed E-state index contributed by atoms with van der Waals surface area (Å²) in [5.74, 6) is -1.39. The Morgan fingerprint density at radius 2 is 1.86 bits per heavy atom. The summed E-state index contributed by atoms with van der Waals surface area (Å²) in [6.45, 7) is 6.37. The van der Waals surface area contributed by atoms with Gasteiger partial charge in [0.15, 0.2) is 11.9 Å². The van der Waals surface area contributed by atoms with Crippen molar-refractivity contribution >= 4 is 11.9 Å². The Bertz CT molecular complexity index is 958. The van der Waals surface area contributed by atoms with E-state index in [9.17, 15) is 14.0 Å². The summed E-state index contributed by atoms with van der Waals surface area (Å²) in [4.78, 5) is 36.7. The molecule has 4 aliphatic heterocycles. The molecule has 0 unspecified atom stereocenters. The highest BCUT2D eigenvalue weighted by Crippen LogP contribution is 2.60. The van der Waals surface area contributed by atoms with Gasteiger partial charge >= 0.3 is 5.97 Å². The lowest BCUT2D eigenvalue weighted by Crippen LogP contribution is -2.70. The number of hydrogen-bond donors (Lipinski definition) is 1. The number of benzene rings is 1. The Labute approximate surface area is 204 Å². The number of fused-ring (bicyclic) bond motifs is 2. The molecule has 0 aromatic heterocycles. The van der Waals surface area contributed by atoms with Crippen molar-refractivity contribution < 1.29 is 38.0 Å². The van der Waals surface area contributed by atoms with Gasteiger partial charge in [-0.2, -0.15) is 0 Å². The highest BCUT2D eigenvalue weighted by atomic mass is 19.1. The average molecular weight is 492 g/mol. The molecule has 8 nitrogen and oxygen atoms in total. The van der Waals surface area contributed by atoms with Gasteiger partial charge in [0.2, 0.25) is 18.0 Å². The quantitative estimate of drug-likeness (QED) is 0.475. The van der Waals surface area contributed by atoms with Crippen molar-refractivity contribution in [3.8, 4) is 0 Å². The number of carbonyl (C=O) groups is 2. The maximum Gasteiger partial charge on any atom is 0.308 e. The smallest absolute Gasteiger partial charge is 0.308 e. The summed E-state index contributed by atoms with van der Waals surface area (Å²) in [5.41, 5.74) is 0.0642. The number of carbonyl (C=O) groups excluding carboxylic acids is 2. The molecule has 1 N–H and O–H groups in total. The van der Waals surface area contributed by atoms with Crippen molar-refractivity contribution in [2.24, 2.45) is 23.7 Å². The third kappa shape index (κ3) is 4.59. The highest BCUT2D eigenvalue weighted by molar-refractivity contribution is 5.81. The normalized spacial score (nSPS) is 39.9. The molecule has 1 spiro atoms. The first kappa shape index (κ1) is 24.6. The second-order valence-electron chi connectivity index (χ2n) is 10.7. The zero-order chi connectivity index (χ0) is 24.8. The van der Waals surface area contributed by atoms with Crippen molar-refractivity contribution in [3.63, 3.8) is 0 Å². The predicted octanol–water partition coefficient (Wildman–Crippen LogP) is 3.97. The van der Waals surface area contributed by atoms with Crippen LogP contribution in [0.4, 0.5) is 4.39 Å². The first-order chi connectivity index (χ1) is 16.7. The Morgan fingerprint density at radius 3 is 2.63 bits per heavy atom. The molecular weight excluding hydrogens is 457 g/mol. The van der Waals surface area contributed by atoms with E-state index in [1.165, 1.54) is 12.1 Å². The van der Waals surface area contributed by atoms with Gasteiger partial charge in [0.25, 0.3) is 0 Å². The number of rotatable bonds is 6. The lowest BCUT2D eigenvalue weighted by Gasteiger charge is -2.59. The minimum atomic E-state index is -0.894. The average Bonchev–Trinajstić information content (AvgIpc) is 3.06. The molecular formula is C26H34FNO7. The third-order valence-electron chi connectivity index (χ3n) is 8.30. The highest BCUT2D eigenvalue weighted by Gasteiger charge is 2.69. The van der Waals surface area contributed by atoms with Crippen molar-refractivity contribution in [2.45, 2.75) is 89.8 Å². The maximum atomic E-state index is 13.0. The molecule has 8 atom stereocenters. The van der Waals surface area contributed by atoms with E-state index in [1.54, 1.807) is 12.1 Å². The fourth-order valence-corrected chi connectivity index (χ4v) is 6.30. The van der Waals surface area contributed by atoms with Crippen molar-refractivity contribution in [2.75, 3.05) is 0 Å². The number of halogens is 1. The van der Waals surface area contributed by atoms with Crippen molar-refractivity contribution in [1.82, 2.24) is 5.32 Å². The van der Waals surface area contributed by atoms with Crippen LogP contribution in [0.15, 0.2) is 24.3 Å². The fourth-order valence-electron chi connectivity index (χ4n) is 6.30. The van der Waals surface area contributed by atoms with E-state index in [0.29, 0.717) is 12.3 Å². The van der Waals surface area contributed by atoms with Crippen molar-refractivity contribution in [1.29, 1.82) is 0 Å². The summed E-state index contributed by atoms with van der Waals surface area (Å²) in [6.07, 6.45) is 2.05. The minimum Gasteiger partial charge on any atom is -0.435 e. The number of hydrogen-bond acceptors (Lipinski definition) is 7. The van der Waals surface area contributed by atoms with E-state index < -0.39 is 29.9 Å². The van der Waals surface area contributed by atoms with Gasteiger partial charge in [-0.05, 0) is 55.7 Å². The monoisotopic (exact) mass is 491 g/mol. The number of nitrogens with one attached hydrogen (secondary N) is 1. The molecule has 35 heavy (non-hydrogen) atoms. The summed E-state index contributed by atoms with van der Waals surface area (Å²) in [7, 11) is 0. The number of amides is 1. The van der Waals surface area contributed by atoms with Gasteiger partial charge in [-0.3, -0.25) is 9.59 Å². The van der Waals surface area contributed by atoms with Crippen LogP contribution in [0.5, 0.6) is 0 Å². The topological polar surface area (TPSA) is 92.3 Å². The second kappa shape index (κ2) is 9.42. The largest absolute Gasteiger partial charge is 0.435 e. The predicted molar refractivity (Wildman–Crippen MR) is 120 cm³/mol. The zero-order valence-corrected chi connectivity index (χ0v) is 20.5. The van der Waals surface area contributed by atoms with Gasteiger partial charge in [0.05, 0.1) is 6.42 Å². The van der Waals surface area contributed by atoms with Gasteiger partial charge < -0.3 is 19.5 Å². The molecule has 1 amide bonds. The van der Waals surface area contributed by atoms with Gasteiger partial charge in [-0.15, -0.1) is 0 Å². The lowest BCUT2D eigenvalue weighted by atomic mass is 9.58. The van der Waals surface area contributed by atoms with Crippen LogP contribution in [0.2, 0.25) is 0 Å². The fraction of sp³-hybridized carbons (Fsp3) is 0.692. The third-order valence-corrected chi connectivity index (χ3v) is 8.30. The van der Waals surface area contributed by atoms with Crippen molar-refractivity contribution in [3.05, 3.63) is 35.6 Å². The summed E-state index contributed by atoms with van der Waals surface area (Å²) in [6, 6.07) is 5.88. The molecule has 5 aliphatic rings. The maximum absolute atomic E-state index is 13.0. The Balaban J connectivity index is 1.19. The SMILES string of the molecule is C[C@H]1[C@H](OC(=O)CCC(=O)NCc2ccc(F)cc2)O[C@@H]2O[C@]3(C)CC[C@H]4[C@H](C)CC[C@@H]1[C@@]24OO3. The molecule has 5 fully saturated rings. The van der Waals surface area contributed by atoms with Crippen LogP contribution in [-0.4, -0.2) is 35.8 Å². The molecule has 1 aromatic carbocycles. The molecule has 6 rings (SSSR count). The first-order valence-corrected chi connectivity index (χ1v) is 12.6. The van der Waals surface area contributed by atoms with E-state index in [0.717, 1.165) is 24.8 Å². The molecule has 4 heterocycles. The molecule has 1 saturated carbocycles. The first-order valence-electron chi connectivity index (χ1n) is 12.6. The second-order valence-corrected chi connectivity index (χ2v) is 10.7. The van der Waals surface area contributed by atoms with E-state index in [1.807, 2.05) is 13.8 Å². The molecule has 9 heteroatoms. The van der Waals surface area contributed by atoms with E-state index in [2.05, 4.69) is 12.2 Å². The van der Waals surface area contributed by atoms with Gasteiger partial charge in [0.1, 0.15) is 5.82 Å². The van der Waals surface area contributed by atoms with Crippen LogP contribution in [0.1, 0.15) is 64.9 Å². The summed E-state index contributed by atoms with van der Waals surface area (Å²) >= 11 is 0. The van der Waals surface area contributed by atoms with E-state index >= 15 is 0 Å². The van der Waals surface area contributed by atoms with E-state index in [4.69, 9.17) is 24.0 Å². The van der Waals surface area contributed by atoms with Crippen LogP contribution in [0, 0.1) is 29.5 Å². The molecule has 1 aromatic rings. The van der Waals surface area contributed by atoms with Crippen LogP contribution < -0.4 is 5.32 Å². The van der Waals surface area contributed by atoms with E-state index in [-0.39, 0.29) is 48.9 Å². The Hall–Kier alpha value is -2.07. The minimum absolute atomic E-state index is 0.0109. The number of esters is 1. The summed E-state index contributed by atoms with van der Waals surface area (Å²) < 4.78 is 31.2. The molecule has 0 radical (unpaired) electrons. The van der Waals surface area contributed by atoms with Crippen LogP contribution in [-0.2, 0) is 40.1 Å². The standard InChI is InChI=1S/C26H34FNO7/c1-15-4-9-20-16(2)23(32-24-26(20)19(15)12-13-25(3,33-24)34-35-26)31-22(30)11-10-21(29)28-14-17-5-7-18(27)8-6-17/h5-8,15-16,19-20,23-24H,4,9-14H2,1-3H3,(H,28,29)/t15-,16-,19+,20+,23-,24-,25+,26-/m1/s1. The molecule has 2 bridgehead atoms. The van der Waals surface area contributed by atoms with Crippen LogP contribution in [0.25, 0.3) is 0 Å². The zero-order valence-electron chi connectivity index (χ0n) is 20.5.